The summed E-state index contributed by atoms with van der Waals surface area (Å²) in [5.41, 5.74) is 6.75. The second-order valence-corrected chi connectivity index (χ2v) is 4.08. The Bertz CT molecular complexity index is 445. The predicted octanol–water partition coefficient (Wildman–Crippen LogP) is 1.93. The minimum absolute atomic E-state index is 0.440. The first-order valence-electron chi connectivity index (χ1n) is 4.06. The number of nitrogens with zero attached hydrogens (tertiary/aromatic N) is 2. The molecular formula is C8H8ClN3OS. The maximum atomic E-state index is 5.77. The molecule has 2 aromatic rings. The van der Waals surface area contributed by atoms with E-state index >= 15 is 0 Å². The lowest BCUT2D eigenvalue weighted by Crippen LogP contribution is -2.00. The smallest absolute Gasteiger partial charge is 0.186 e. The van der Waals surface area contributed by atoms with E-state index in [1.807, 2.05) is 0 Å². The molecule has 6 heteroatoms. The van der Waals surface area contributed by atoms with Gasteiger partial charge in [-0.25, -0.2) is 4.98 Å². The van der Waals surface area contributed by atoms with Crippen molar-refractivity contribution in [2.24, 2.45) is 5.73 Å². The van der Waals surface area contributed by atoms with Gasteiger partial charge in [0.1, 0.15) is 10.7 Å². The summed E-state index contributed by atoms with van der Waals surface area (Å²) in [5.74, 6) is 0.788. The molecule has 0 unspecified atom stereocenters. The van der Waals surface area contributed by atoms with Gasteiger partial charge in [-0.15, -0.1) is 0 Å². The Balaban J connectivity index is 2.40. The Morgan fingerprint density at radius 3 is 3.14 bits per heavy atom. The van der Waals surface area contributed by atoms with Gasteiger partial charge < -0.3 is 10.3 Å². The van der Waals surface area contributed by atoms with Crippen molar-refractivity contribution in [2.45, 2.75) is 5.03 Å². The van der Waals surface area contributed by atoms with E-state index in [-0.39, 0.29) is 0 Å². The normalized spacial score (nSPS) is 11.0. The van der Waals surface area contributed by atoms with E-state index < -0.39 is 0 Å². The molecule has 0 atom stereocenters. The number of hydrogen-bond donors (Lipinski definition) is 1. The van der Waals surface area contributed by atoms with Crippen LogP contribution in [0.1, 0.15) is 0 Å². The van der Waals surface area contributed by atoms with Crippen LogP contribution in [0.3, 0.4) is 0 Å². The first-order valence-corrected chi connectivity index (χ1v) is 5.42. The first kappa shape index (κ1) is 9.76. The average molecular weight is 230 g/mol. The number of rotatable bonds is 3. The number of pyridine rings is 1. The molecule has 0 aliphatic rings. The van der Waals surface area contributed by atoms with E-state index in [9.17, 15) is 0 Å². The maximum Gasteiger partial charge on any atom is 0.186 e. The molecule has 0 spiro atoms. The molecular weight excluding hydrogens is 222 g/mol. The standard InChI is InChI=1S/C8H8ClN3OS/c9-6-2-1-5-7(11-6)8(12-13-5)14-4-3-10/h1-2H,3-4,10H2. The molecule has 0 aromatic carbocycles. The van der Waals surface area contributed by atoms with Crippen LogP contribution in [0.4, 0.5) is 0 Å². The van der Waals surface area contributed by atoms with Crippen LogP contribution in [-0.4, -0.2) is 22.4 Å². The van der Waals surface area contributed by atoms with Gasteiger partial charge in [-0.05, 0) is 12.1 Å². The third-order valence-corrected chi connectivity index (χ3v) is 2.80. The predicted molar refractivity (Wildman–Crippen MR) is 56.6 cm³/mol. The number of aromatic nitrogens is 2. The first-order chi connectivity index (χ1) is 6.81. The average Bonchev–Trinajstić information content (AvgIpc) is 2.57. The van der Waals surface area contributed by atoms with Crippen LogP contribution in [0.5, 0.6) is 0 Å². The number of fused-ring (bicyclic) bond motifs is 1. The van der Waals surface area contributed by atoms with E-state index in [1.54, 1.807) is 12.1 Å². The molecule has 0 fully saturated rings. The van der Waals surface area contributed by atoms with E-state index in [1.165, 1.54) is 11.8 Å². The van der Waals surface area contributed by atoms with Gasteiger partial charge in [0.25, 0.3) is 0 Å². The zero-order chi connectivity index (χ0) is 9.97. The largest absolute Gasteiger partial charge is 0.353 e. The maximum absolute atomic E-state index is 5.77. The second-order valence-electron chi connectivity index (χ2n) is 2.61. The fraction of sp³-hybridized carbons (Fsp3) is 0.250. The zero-order valence-electron chi connectivity index (χ0n) is 7.24. The van der Waals surface area contributed by atoms with Crippen LogP contribution in [0.15, 0.2) is 21.7 Å². The summed E-state index contributed by atoms with van der Waals surface area (Å²) in [7, 11) is 0. The Hall–Kier alpha value is -0.780. The Labute approximate surface area is 89.8 Å². The lowest BCUT2D eigenvalue weighted by molar-refractivity contribution is 0.437. The highest BCUT2D eigenvalue weighted by molar-refractivity contribution is 7.99. The van der Waals surface area contributed by atoms with Crippen LogP contribution in [0.2, 0.25) is 5.15 Å². The minimum Gasteiger partial charge on any atom is -0.353 e. The molecule has 0 radical (unpaired) electrons. The summed E-state index contributed by atoms with van der Waals surface area (Å²) >= 11 is 7.28. The fourth-order valence-electron chi connectivity index (χ4n) is 1.03. The number of halogens is 1. The summed E-state index contributed by atoms with van der Waals surface area (Å²) in [6.45, 7) is 0.597. The van der Waals surface area contributed by atoms with Crippen molar-refractivity contribution in [3.8, 4) is 0 Å². The summed E-state index contributed by atoms with van der Waals surface area (Å²) in [4.78, 5) is 4.14. The SMILES string of the molecule is NCCSc1noc2ccc(Cl)nc12. The summed E-state index contributed by atoms with van der Waals surface area (Å²) < 4.78 is 5.07. The zero-order valence-corrected chi connectivity index (χ0v) is 8.81. The van der Waals surface area contributed by atoms with E-state index in [0.717, 1.165) is 10.8 Å². The highest BCUT2D eigenvalue weighted by Crippen LogP contribution is 2.26. The van der Waals surface area contributed by atoms with Crippen LogP contribution in [0, 0.1) is 0 Å². The van der Waals surface area contributed by atoms with Crippen molar-refractivity contribution in [1.82, 2.24) is 10.1 Å². The van der Waals surface area contributed by atoms with Gasteiger partial charge in [0, 0.05) is 12.3 Å². The van der Waals surface area contributed by atoms with Crippen molar-refractivity contribution < 1.29 is 4.52 Å². The highest BCUT2D eigenvalue weighted by Gasteiger charge is 2.09. The van der Waals surface area contributed by atoms with Crippen molar-refractivity contribution in [1.29, 1.82) is 0 Å². The molecule has 0 saturated carbocycles. The van der Waals surface area contributed by atoms with Gasteiger partial charge in [-0.3, -0.25) is 0 Å². The number of nitrogens with two attached hydrogens (primary N) is 1. The lowest BCUT2D eigenvalue weighted by Gasteiger charge is -1.93. The van der Waals surface area contributed by atoms with Crippen molar-refractivity contribution >= 4 is 34.5 Å². The van der Waals surface area contributed by atoms with Crippen molar-refractivity contribution in [3.63, 3.8) is 0 Å². The fourth-order valence-corrected chi connectivity index (χ4v) is 1.87. The molecule has 2 rings (SSSR count). The van der Waals surface area contributed by atoms with Gasteiger partial charge >= 0.3 is 0 Å². The van der Waals surface area contributed by atoms with Crippen molar-refractivity contribution in [2.75, 3.05) is 12.3 Å². The van der Waals surface area contributed by atoms with Crippen LogP contribution >= 0.6 is 23.4 Å². The molecule has 2 heterocycles. The summed E-state index contributed by atoms with van der Waals surface area (Å²) in [5, 5.41) is 5.07. The second kappa shape index (κ2) is 4.16. The van der Waals surface area contributed by atoms with Crippen LogP contribution in [-0.2, 0) is 0 Å². The quantitative estimate of drug-likeness (QED) is 0.644. The Morgan fingerprint density at radius 2 is 2.36 bits per heavy atom. The van der Waals surface area contributed by atoms with Gasteiger partial charge in [-0.1, -0.05) is 28.5 Å². The molecule has 74 valence electrons. The van der Waals surface area contributed by atoms with E-state index in [4.69, 9.17) is 21.9 Å². The van der Waals surface area contributed by atoms with Gasteiger partial charge in [0.2, 0.25) is 0 Å². The molecule has 2 N–H and O–H groups in total. The third-order valence-electron chi connectivity index (χ3n) is 1.61. The number of thioether (sulfide) groups is 1. The topological polar surface area (TPSA) is 64.9 Å². The third kappa shape index (κ3) is 1.84. The molecule has 0 bridgehead atoms. The van der Waals surface area contributed by atoms with Crippen LogP contribution in [0.25, 0.3) is 11.1 Å². The minimum atomic E-state index is 0.440. The van der Waals surface area contributed by atoms with Gasteiger partial charge in [0.15, 0.2) is 10.6 Å². The molecule has 0 amide bonds. The van der Waals surface area contributed by atoms with Gasteiger partial charge in [-0.2, -0.15) is 0 Å². The molecule has 0 aliphatic carbocycles. The molecule has 0 aliphatic heterocycles. The lowest BCUT2D eigenvalue weighted by atomic mass is 10.4. The molecule has 14 heavy (non-hydrogen) atoms. The summed E-state index contributed by atoms with van der Waals surface area (Å²) in [6, 6.07) is 3.43. The number of hydrogen-bond acceptors (Lipinski definition) is 5. The van der Waals surface area contributed by atoms with Gasteiger partial charge in [0.05, 0.1) is 0 Å². The molecule has 4 nitrogen and oxygen atoms in total. The Kier molecular flexibility index (Phi) is 2.90. The van der Waals surface area contributed by atoms with Crippen LogP contribution < -0.4 is 5.73 Å². The van der Waals surface area contributed by atoms with E-state index in [0.29, 0.717) is 22.8 Å². The van der Waals surface area contributed by atoms with E-state index in [2.05, 4.69) is 10.1 Å². The highest BCUT2D eigenvalue weighted by atomic mass is 35.5. The summed E-state index contributed by atoms with van der Waals surface area (Å²) in [6.07, 6.45) is 0. The monoisotopic (exact) mass is 229 g/mol. The Morgan fingerprint density at radius 1 is 1.50 bits per heavy atom. The molecule has 2 aromatic heterocycles. The molecule has 0 saturated heterocycles. The van der Waals surface area contributed by atoms with Crippen molar-refractivity contribution in [3.05, 3.63) is 17.3 Å².